The number of aryl methyl sites for hydroxylation is 2. The second-order valence-electron chi connectivity index (χ2n) is 5.56. The Labute approximate surface area is 125 Å². The normalized spacial score (nSPS) is 10.5. The van der Waals surface area contributed by atoms with Gasteiger partial charge >= 0.3 is 0 Å². The molecule has 0 bridgehead atoms. The Hall–Kier alpha value is -2.36. The van der Waals surface area contributed by atoms with Crippen molar-refractivity contribution < 1.29 is 4.79 Å². The maximum atomic E-state index is 12.0. The lowest BCUT2D eigenvalue weighted by Crippen LogP contribution is -2.30. The van der Waals surface area contributed by atoms with Crippen LogP contribution in [0.4, 0.5) is 11.4 Å². The van der Waals surface area contributed by atoms with Gasteiger partial charge in [0.2, 0.25) is 0 Å². The number of hydrogen-bond donors (Lipinski definition) is 2. The highest BCUT2D eigenvalue weighted by atomic mass is 16.1. The molecule has 4 heteroatoms. The molecule has 0 spiro atoms. The summed E-state index contributed by atoms with van der Waals surface area (Å²) >= 11 is 0. The number of carbonyl (C=O) groups excluding carboxylic acids is 1. The first kappa shape index (κ1) is 15.0. The summed E-state index contributed by atoms with van der Waals surface area (Å²) in [5, 5.41) is 6.15. The lowest BCUT2D eigenvalue weighted by atomic mass is 10.1. The molecule has 0 aliphatic rings. The van der Waals surface area contributed by atoms with Crippen LogP contribution < -0.4 is 10.6 Å². The van der Waals surface area contributed by atoms with Gasteiger partial charge in [-0.05, 0) is 63.1 Å². The molecule has 2 N–H and O–H groups in total. The van der Waals surface area contributed by atoms with E-state index >= 15 is 0 Å². The molecule has 0 aliphatic heterocycles. The minimum absolute atomic E-state index is 0.0929. The molecule has 1 amide bonds. The number of anilines is 2. The van der Waals surface area contributed by atoms with Crippen molar-refractivity contribution in [3.05, 3.63) is 53.3 Å². The fraction of sp³-hybridized carbons (Fsp3) is 0.294. The van der Waals surface area contributed by atoms with Crippen LogP contribution in [0.25, 0.3) is 0 Å². The number of nitrogens with one attached hydrogen (secondary N) is 2. The Morgan fingerprint density at radius 3 is 2.33 bits per heavy atom. The molecule has 4 nitrogen and oxygen atoms in total. The Morgan fingerprint density at radius 2 is 1.71 bits per heavy atom. The predicted molar refractivity (Wildman–Crippen MR) is 86.0 cm³/mol. The highest BCUT2D eigenvalue weighted by Crippen LogP contribution is 2.19. The van der Waals surface area contributed by atoms with Gasteiger partial charge in [0.25, 0.3) is 5.91 Å². The summed E-state index contributed by atoms with van der Waals surface area (Å²) in [6.07, 6.45) is 1.64. The number of aromatic nitrogens is 1. The van der Waals surface area contributed by atoms with Crippen LogP contribution in [0.1, 0.15) is 35.5 Å². The average molecular weight is 283 g/mol. The molecular weight excluding hydrogens is 262 g/mol. The lowest BCUT2D eigenvalue weighted by Gasteiger charge is -2.11. The van der Waals surface area contributed by atoms with Crippen LogP contribution in [0, 0.1) is 13.8 Å². The molecule has 0 fully saturated rings. The summed E-state index contributed by atoms with van der Waals surface area (Å²) < 4.78 is 0. The van der Waals surface area contributed by atoms with Gasteiger partial charge in [-0.15, -0.1) is 0 Å². The Balaban J connectivity index is 2.19. The maximum Gasteiger partial charge on any atom is 0.270 e. The first-order chi connectivity index (χ1) is 9.94. The number of rotatable bonds is 4. The number of benzene rings is 1. The van der Waals surface area contributed by atoms with Gasteiger partial charge in [-0.3, -0.25) is 9.78 Å². The highest BCUT2D eigenvalue weighted by Gasteiger charge is 2.09. The fourth-order valence-electron chi connectivity index (χ4n) is 2.18. The zero-order valence-corrected chi connectivity index (χ0v) is 12.9. The number of amides is 1. The van der Waals surface area contributed by atoms with E-state index in [1.165, 1.54) is 11.1 Å². The van der Waals surface area contributed by atoms with Crippen LogP contribution >= 0.6 is 0 Å². The molecule has 1 aromatic heterocycles. The van der Waals surface area contributed by atoms with Gasteiger partial charge in [-0.1, -0.05) is 6.07 Å². The summed E-state index contributed by atoms with van der Waals surface area (Å²) in [7, 11) is 0. The third-order valence-corrected chi connectivity index (χ3v) is 2.92. The van der Waals surface area contributed by atoms with Gasteiger partial charge in [0, 0.05) is 23.6 Å². The molecule has 0 atom stereocenters. The van der Waals surface area contributed by atoms with E-state index < -0.39 is 0 Å². The zero-order chi connectivity index (χ0) is 15.4. The molecule has 0 saturated heterocycles. The van der Waals surface area contributed by atoms with E-state index in [4.69, 9.17) is 0 Å². The van der Waals surface area contributed by atoms with Gasteiger partial charge in [0.05, 0.1) is 0 Å². The van der Waals surface area contributed by atoms with Crippen LogP contribution in [-0.2, 0) is 0 Å². The minimum Gasteiger partial charge on any atom is -0.355 e. The van der Waals surface area contributed by atoms with E-state index in [1.54, 1.807) is 12.3 Å². The van der Waals surface area contributed by atoms with Crippen molar-refractivity contribution in [3.8, 4) is 0 Å². The van der Waals surface area contributed by atoms with Crippen LogP contribution in [0.3, 0.4) is 0 Å². The van der Waals surface area contributed by atoms with E-state index in [2.05, 4.69) is 47.7 Å². The smallest absolute Gasteiger partial charge is 0.270 e. The van der Waals surface area contributed by atoms with Crippen molar-refractivity contribution in [2.45, 2.75) is 33.7 Å². The Bertz CT molecular complexity index is 630. The number of hydrogen-bond acceptors (Lipinski definition) is 3. The van der Waals surface area contributed by atoms with E-state index in [1.807, 2.05) is 19.9 Å². The van der Waals surface area contributed by atoms with E-state index in [9.17, 15) is 4.79 Å². The topological polar surface area (TPSA) is 54.0 Å². The van der Waals surface area contributed by atoms with Crippen molar-refractivity contribution in [2.24, 2.45) is 0 Å². The largest absolute Gasteiger partial charge is 0.355 e. The SMILES string of the molecule is Cc1cc(C)cc(Nc2ccnc(C(=O)NC(C)C)c2)c1. The van der Waals surface area contributed by atoms with Gasteiger partial charge in [-0.2, -0.15) is 0 Å². The summed E-state index contributed by atoms with van der Waals surface area (Å²) in [6, 6.07) is 9.97. The molecule has 0 unspecified atom stereocenters. The molecule has 0 saturated carbocycles. The number of nitrogens with zero attached hydrogens (tertiary/aromatic N) is 1. The zero-order valence-electron chi connectivity index (χ0n) is 12.9. The summed E-state index contributed by atoms with van der Waals surface area (Å²) in [6.45, 7) is 7.98. The minimum atomic E-state index is -0.158. The highest BCUT2D eigenvalue weighted by molar-refractivity contribution is 5.93. The molecular formula is C17H21N3O. The van der Waals surface area contributed by atoms with E-state index in [-0.39, 0.29) is 11.9 Å². The standard InChI is InChI=1S/C17H21N3O/c1-11(2)19-17(21)16-10-14(5-6-18-16)20-15-8-12(3)7-13(4)9-15/h5-11H,1-4H3,(H,18,20)(H,19,21). The van der Waals surface area contributed by atoms with Crippen LogP contribution in [0.15, 0.2) is 36.5 Å². The first-order valence-corrected chi connectivity index (χ1v) is 7.06. The number of carbonyl (C=O) groups is 1. The van der Waals surface area contributed by atoms with Gasteiger partial charge in [-0.25, -0.2) is 0 Å². The summed E-state index contributed by atoms with van der Waals surface area (Å²) in [4.78, 5) is 16.1. The second-order valence-corrected chi connectivity index (χ2v) is 5.56. The quantitative estimate of drug-likeness (QED) is 0.901. The Morgan fingerprint density at radius 1 is 1.05 bits per heavy atom. The van der Waals surface area contributed by atoms with Gasteiger partial charge < -0.3 is 10.6 Å². The predicted octanol–water partition coefficient (Wildman–Crippen LogP) is 3.58. The lowest BCUT2D eigenvalue weighted by molar-refractivity contribution is 0.0938. The van der Waals surface area contributed by atoms with Gasteiger partial charge in [0.1, 0.15) is 5.69 Å². The van der Waals surface area contributed by atoms with Gasteiger partial charge in [0.15, 0.2) is 0 Å². The molecule has 110 valence electrons. The molecule has 1 aromatic carbocycles. The van der Waals surface area contributed by atoms with Crippen molar-refractivity contribution >= 4 is 17.3 Å². The molecule has 0 radical (unpaired) electrons. The maximum absolute atomic E-state index is 12.0. The monoisotopic (exact) mass is 283 g/mol. The molecule has 21 heavy (non-hydrogen) atoms. The second kappa shape index (κ2) is 6.39. The van der Waals surface area contributed by atoms with Crippen molar-refractivity contribution in [3.63, 3.8) is 0 Å². The van der Waals surface area contributed by atoms with Crippen LogP contribution in [0.2, 0.25) is 0 Å². The molecule has 1 heterocycles. The van der Waals surface area contributed by atoms with Crippen molar-refractivity contribution in [2.75, 3.05) is 5.32 Å². The summed E-state index contributed by atoms with van der Waals surface area (Å²) in [5.74, 6) is -0.158. The molecule has 0 aliphatic carbocycles. The van der Waals surface area contributed by atoms with Crippen molar-refractivity contribution in [1.82, 2.24) is 10.3 Å². The fourth-order valence-corrected chi connectivity index (χ4v) is 2.18. The third-order valence-electron chi connectivity index (χ3n) is 2.92. The number of pyridine rings is 1. The molecule has 2 aromatic rings. The van der Waals surface area contributed by atoms with E-state index in [0.29, 0.717) is 5.69 Å². The van der Waals surface area contributed by atoms with Crippen LogP contribution in [0.5, 0.6) is 0 Å². The average Bonchev–Trinajstić information content (AvgIpc) is 2.37. The third kappa shape index (κ3) is 4.31. The summed E-state index contributed by atoms with van der Waals surface area (Å²) in [5.41, 5.74) is 4.67. The van der Waals surface area contributed by atoms with Crippen LogP contribution in [-0.4, -0.2) is 16.9 Å². The Kier molecular flexibility index (Phi) is 4.58. The molecule has 2 rings (SSSR count). The first-order valence-electron chi connectivity index (χ1n) is 7.06. The van der Waals surface area contributed by atoms with E-state index in [0.717, 1.165) is 11.4 Å². The van der Waals surface area contributed by atoms with Crippen molar-refractivity contribution in [1.29, 1.82) is 0 Å².